The van der Waals surface area contributed by atoms with Crippen LogP contribution >= 0.6 is 0 Å². The summed E-state index contributed by atoms with van der Waals surface area (Å²) >= 11 is 0. The molecule has 28 heavy (non-hydrogen) atoms. The van der Waals surface area contributed by atoms with Crippen LogP contribution in [0.25, 0.3) is 0 Å². The Morgan fingerprint density at radius 3 is 2.61 bits per heavy atom. The Bertz CT molecular complexity index is 751. The van der Waals surface area contributed by atoms with Gasteiger partial charge in [-0.25, -0.2) is 9.59 Å². The molecule has 1 fully saturated rings. The lowest BCUT2D eigenvalue weighted by Crippen LogP contribution is -2.45. The summed E-state index contributed by atoms with van der Waals surface area (Å²) in [5.41, 5.74) is 1.69. The lowest BCUT2D eigenvalue weighted by Gasteiger charge is -2.30. The Morgan fingerprint density at radius 1 is 1.18 bits per heavy atom. The second-order valence-corrected chi connectivity index (χ2v) is 7.88. The highest BCUT2D eigenvalue weighted by molar-refractivity contribution is 5.95. The number of ether oxygens (including phenoxy) is 2. The smallest absolute Gasteiger partial charge is 0.338 e. The summed E-state index contributed by atoms with van der Waals surface area (Å²) in [7, 11) is 0. The number of esters is 1. The van der Waals surface area contributed by atoms with E-state index in [-0.39, 0.29) is 18.1 Å². The van der Waals surface area contributed by atoms with Crippen LogP contribution in [-0.2, 0) is 9.53 Å². The summed E-state index contributed by atoms with van der Waals surface area (Å²) in [5.74, 6) is 0.690. The van der Waals surface area contributed by atoms with Crippen molar-refractivity contribution in [2.75, 3.05) is 6.61 Å². The molecule has 1 aromatic carbocycles. The van der Waals surface area contributed by atoms with Crippen LogP contribution in [0.4, 0.5) is 4.79 Å². The third-order valence-electron chi connectivity index (χ3n) is 5.26. The number of nitrogens with one attached hydrogen (secondary N) is 2. The van der Waals surface area contributed by atoms with Gasteiger partial charge in [-0.05, 0) is 45.6 Å². The molecule has 152 valence electrons. The zero-order valence-corrected chi connectivity index (χ0v) is 16.9. The molecule has 1 aliphatic heterocycles. The van der Waals surface area contributed by atoms with Crippen LogP contribution in [0, 0.1) is 5.92 Å². The molecule has 1 atom stereocenters. The summed E-state index contributed by atoms with van der Waals surface area (Å²) in [6, 6.07) is 6.52. The molecule has 0 aromatic heterocycles. The summed E-state index contributed by atoms with van der Waals surface area (Å²) in [6.45, 7) is 6.05. The molecular weight excluding hydrogens is 356 g/mol. The minimum Gasteiger partial charge on any atom is -0.491 e. The number of carbonyl (C=O) groups is 2. The number of para-hydroxylation sites is 1. The minimum atomic E-state index is -0.609. The largest absolute Gasteiger partial charge is 0.491 e. The predicted molar refractivity (Wildman–Crippen MR) is 107 cm³/mol. The highest BCUT2D eigenvalue weighted by Crippen LogP contribution is 2.34. The van der Waals surface area contributed by atoms with Crippen LogP contribution in [0.3, 0.4) is 0 Å². The van der Waals surface area contributed by atoms with Gasteiger partial charge < -0.3 is 20.1 Å². The molecule has 3 rings (SSSR count). The number of urea groups is 1. The van der Waals surface area contributed by atoms with Gasteiger partial charge >= 0.3 is 12.0 Å². The van der Waals surface area contributed by atoms with Crippen molar-refractivity contribution in [3.05, 3.63) is 41.1 Å². The lowest BCUT2D eigenvalue weighted by molar-refractivity contribution is -0.141. The average molecular weight is 386 g/mol. The van der Waals surface area contributed by atoms with Crippen LogP contribution in [0.5, 0.6) is 5.75 Å². The first kappa shape index (κ1) is 20.2. The molecule has 2 amide bonds. The summed E-state index contributed by atoms with van der Waals surface area (Å²) in [5, 5.41) is 5.55. The highest BCUT2D eigenvalue weighted by atomic mass is 16.5. The molecule has 2 N–H and O–H groups in total. The van der Waals surface area contributed by atoms with Gasteiger partial charge in [0.2, 0.25) is 0 Å². The maximum Gasteiger partial charge on any atom is 0.338 e. The van der Waals surface area contributed by atoms with Gasteiger partial charge in [-0.3, -0.25) is 0 Å². The number of hydrogen-bond acceptors (Lipinski definition) is 4. The van der Waals surface area contributed by atoms with Crippen LogP contribution < -0.4 is 15.4 Å². The minimum absolute atomic E-state index is 0.0228. The Kier molecular flexibility index (Phi) is 6.60. The molecule has 0 saturated heterocycles. The van der Waals surface area contributed by atoms with Gasteiger partial charge in [-0.2, -0.15) is 0 Å². The quantitative estimate of drug-likeness (QED) is 0.718. The Balaban J connectivity index is 1.83. The van der Waals surface area contributed by atoms with E-state index in [0.717, 1.165) is 18.4 Å². The molecule has 0 spiro atoms. The van der Waals surface area contributed by atoms with Crippen molar-refractivity contribution in [1.82, 2.24) is 10.6 Å². The summed E-state index contributed by atoms with van der Waals surface area (Å²) in [4.78, 5) is 25.1. The van der Waals surface area contributed by atoms with E-state index in [1.807, 2.05) is 38.1 Å². The first-order valence-electron chi connectivity index (χ1n) is 10.2. The molecule has 1 aromatic rings. The molecule has 2 aliphatic rings. The van der Waals surface area contributed by atoms with Crippen LogP contribution in [0.15, 0.2) is 35.5 Å². The molecular formula is C22H30N2O4. The van der Waals surface area contributed by atoms with Crippen molar-refractivity contribution in [3.8, 4) is 5.75 Å². The van der Waals surface area contributed by atoms with E-state index in [4.69, 9.17) is 9.47 Å². The molecule has 0 radical (unpaired) electrons. The molecule has 6 heteroatoms. The maximum absolute atomic E-state index is 13.0. The van der Waals surface area contributed by atoms with Crippen molar-refractivity contribution < 1.29 is 19.1 Å². The van der Waals surface area contributed by atoms with Crippen LogP contribution in [-0.4, -0.2) is 24.7 Å². The van der Waals surface area contributed by atoms with E-state index < -0.39 is 6.04 Å². The van der Waals surface area contributed by atoms with Crippen molar-refractivity contribution in [2.24, 2.45) is 5.92 Å². The fourth-order valence-corrected chi connectivity index (χ4v) is 3.90. The van der Waals surface area contributed by atoms with Gasteiger partial charge in [0, 0.05) is 11.3 Å². The van der Waals surface area contributed by atoms with Crippen molar-refractivity contribution in [3.63, 3.8) is 0 Å². The third-order valence-corrected chi connectivity index (χ3v) is 5.26. The highest BCUT2D eigenvalue weighted by Gasteiger charge is 2.34. The summed E-state index contributed by atoms with van der Waals surface area (Å²) < 4.78 is 11.6. The Morgan fingerprint density at radius 2 is 1.89 bits per heavy atom. The fraction of sp³-hybridized carbons (Fsp3) is 0.545. The number of benzene rings is 1. The lowest BCUT2D eigenvalue weighted by atomic mass is 9.90. The van der Waals surface area contributed by atoms with E-state index in [9.17, 15) is 9.59 Å². The van der Waals surface area contributed by atoms with E-state index in [1.165, 1.54) is 19.3 Å². The van der Waals surface area contributed by atoms with Gasteiger partial charge in [0.15, 0.2) is 0 Å². The van der Waals surface area contributed by atoms with E-state index in [2.05, 4.69) is 10.6 Å². The van der Waals surface area contributed by atoms with Crippen LogP contribution in [0.1, 0.15) is 64.5 Å². The van der Waals surface area contributed by atoms with Crippen molar-refractivity contribution in [1.29, 1.82) is 0 Å². The number of rotatable bonds is 6. The standard InChI is InChI=1S/C22H30N2O4/c1-14(2)28-18-12-8-7-11-17(18)20-19(15(3)23-22(26)24-20)21(25)27-13-16-9-5-4-6-10-16/h7-8,11-12,14,16,20H,4-6,9-10,13H2,1-3H3,(H2,23,24,26)/t20-/m1/s1. The Hall–Kier alpha value is -2.50. The average Bonchev–Trinajstić information content (AvgIpc) is 2.66. The van der Waals surface area contributed by atoms with Crippen LogP contribution in [0.2, 0.25) is 0 Å². The molecule has 6 nitrogen and oxygen atoms in total. The van der Waals surface area contributed by atoms with Crippen molar-refractivity contribution >= 4 is 12.0 Å². The molecule has 0 bridgehead atoms. The zero-order valence-electron chi connectivity index (χ0n) is 16.9. The number of carbonyl (C=O) groups excluding carboxylic acids is 2. The molecule has 1 heterocycles. The van der Waals surface area contributed by atoms with Crippen molar-refractivity contribution in [2.45, 2.75) is 65.0 Å². The SMILES string of the molecule is CC1=C(C(=O)OCC2CCCCC2)[C@@H](c2ccccc2OC(C)C)NC(=O)N1. The van der Waals surface area contributed by atoms with Gasteiger partial charge in [-0.15, -0.1) is 0 Å². The number of amides is 2. The zero-order chi connectivity index (χ0) is 20.1. The van der Waals surface area contributed by atoms with E-state index >= 15 is 0 Å². The normalized spacial score (nSPS) is 20.6. The van der Waals surface area contributed by atoms with E-state index in [0.29, 0.717) is 29.5 Å². The fourth-order valence-electron chi connectivity index (χ4n) is 3.90. The Labute approximate surface area is 166 Å². The molecule has 0 unspecified atom stereocenters. The monoisotopic (exact) mass is 386 g/mol. The first-order valence-corrected chi connectivity index (χ1v) is 10.2. The maximum atomic E-state index is 13.0. The number of hydrogen-bond donors (Lipinski definition) is 2. The summed E-state index contributed by atoms with van der Waals surface area (Å²) in [6.07, 6.45) is 5.85. The predicted octanol–water partition coefficient (Wildman–Crippen LogP) is 4.23. The van der Waals surface area contributed by atoms with E-state index in [1.54, 1.807) is 6.92 Å². The topological polar surface area (TPSA) is 76.7 Å². The second kappa shape index (κ2) is 9.13. The van der Waals surface area contributed by atoms with Gasteiger partial charge in [-0.1, -0.05) is 37.5 Å². The number of allylic oxidation sites excluding steroid dienone is 1. The molecule has 1 aliphatic carbocycles. The van der Waals surface area contributed by atoms with Gasteiger partial charge in [0.1, 0.15) is 5.75 Å². The first-order chi connectivity index (χ1) is 13.5. The molecule has 1 saturated carbocycles. The second-order valence-electron chi connectivity index (χ2n) is 7.88. The van der Waals surface area contributed by atoms with Gasteiger partial charge in [0.25, 0.3) is 0 Å². The third kappa shape index (κ3) is 4.86. The van der Waals surface area contributed by atoms with Gasteiger partial charge in [0.05, 0.1) is 24.3 Å².